The Morgan fingerprint density at radius 1 is 1.19 bits per heavy atom. The average molecular weight is 280 g/mol. The zero-order valence-corrected chi connectivity index (χ0v) is 11.1. The first-order chi connectivity index (χ1) is 10.3. The van der Waals surface area contributed by atoms with Crippen LogP contribution in [0.1, 0.15) is 17.5 Å². The lowest BCUT2D eigenvalue weighted by Gasteiger charge is -2.04. The van der Waals surface area contributed by atoms with E-state index in [0.717, 1.165) is 23.3 Å². The molecule has 0 fully saturated rings. The van der Waals surface area contributed by atoms with Gasteiger partial charge in [0.15, 0.2) is 6.10 Å². The Morgan fingerprint density at radius 2 is 2.10 bits per heavy atom. The van der Waals surface area contributed by atoms with E-state index in [9.17, 15) is 0 Å². The van der Waals surface area contributed by atoms with Crippen LogP contribution in [0.25, 0.3) is 11.5 Å². The van der Waals surface area contributed by atoms with Crippen LogP contribution < -0.4 is 10.5 Å². The highest BCUT2D eigenvalue weighted by molar-refractivity contribution is 5.56. The summed E-state index contributed by atoms with van der Waals surface area (Å²) in [5.41, 5.74) is 7.56. The van der Waals surface area contributed by atoms with Gasteiger partial charge in [-0.15, -0.1) is 0 Å². The van der Waals surface area contributed by atoms with Crippen LogP contribution in [-0.4, -0.2) is 15.1 Å². The van der Waals surface area contributed by atoms with E-state index < -0.39 is 0 Å². The molecule has 2 aromatic heterocycles. The van der Waals surface area contributed by atoms with Crippen molar-refractivity contribution >= 4 is 5.82 Å². The number of hydrogen-bond donors (Lipinski definition) is 1. The van der Waals surface area contributed by atoms with E-state index >= 15 is 0 Å². The number of hydrogen-bond acceptors (Lipinski definition) is 6. The molecule has 1 aromatic carbocycles. The molecule has 1 atom stereocenters. The smallest absolute Gasteiger partial charge is 0.258 e. The fourth-order valence-electron chi connectivity index (χ4n) is 2.39. The first-order valence-electron chi connectivity index (χ1n) is 6.60. The number of anilines is 1. The predicted molar refractivity (Wildman–Crippen MR) is 75.5 cm³/mol. The highest BCUT2D eigenvalue weighted by Crippen LogP contribution is 2.35. The molecule has 4 rings (SSSR count). The summed E-state index contributed by atoms with van der Waals surface area (Å²) < 4.78 is 11.1. The van der Waals surface area contributed by atoms with Gasteiger partial charge in [0.1, 0.15) is 11.6 Å². The third kappa shape index (κ3) is 2.10. The summed E-state index contributed by atoms with van der Waals surface area (Å²) in [6.45, 7) is 0. The Balaban J connectivity index is 1.62. The standard InChI is InChI=1S/C15H12N4O2/c16-13-8-10(5-6-17-13)15-18-14(19-21-15)12-7-9-3-1-2-4-11(9)20-12/h1-6,8,12H,7H2,(H2,16,17). The lowest BCUT2D eigenvalue weighted by Crippen LogP contribution is -2.05. The van der Waals surface area contributed by atoms with Gasteiger partial charge >= 0.3 is 0 Å². The van der Waals surface area contributed by atoms with Gasteiger partial charge in [-0.3, -0.25) is 0 Å². The second kappa shape index (κ2) is 4.59. The molecule has 21 heavy (non-hydrogen) atoms. The Kier molecular flexibility index (Phi) is 2.60. The Morgan fingerprint density at radius 3 is 2.95 bits per heavy atom. The van der Waals surface area contributed by atoms with E-state index in [0.29, 0.717) is 17.5 Å². The molecule has 1 aliphatic heterocycles. The van der Waals surface area contributed by atoms with E-state index in [1.165, 1.54) is 0 Å². The van der Waals surface area contributed by atoms with Crippen molar-refractivity contribution in [2.24, 2.45) is 0 Å². The number of pyridine rings is 1. The number of ether oxygens (including phenoxy) is 1. The van der Waals surface area contributed by atoms with Crippen LogP contribution in [-0.2, 0) is 6.42 Å². The van der Waals surface area contributed by atoms with Gasteiger partial charge in [0.05, 0.1) is 0 Å². The fraction of sp³-hybridized carbons (Fsp3) is 0.133. The molecule has 0 radical (unpaired) electrons. The van der Waals surface area contributed by atoms with Gasteiger partial charge in [-0.25, -0.2) is 4.98 Å². The molecular weight excluding hydrogens is 268 g/mol. The van der Waals surface area contributed by atoms with Gasteiger partial charge in [-0.2, -0.15) is 4.98 Å². The summed E-state index contributed by atoms with van der Waals surface area (Å²) in [6, 6.07) is 11.4. The van der Waals surface area contributed by atoms with Crippen molar-refractivity contribution in [1.29, 1.82) is 0 Å². The third-order valence-electron chi connectivity index (χ3n) is 3.40. The summed E-state index contributed by atoms with van der Waals surface area (Å²) >= 11 is 0. The molecule has 0 saturated heterocycles. The van der Waals surface area contributed by atoms with Crippen LogP contribution in [0.4, 0.5) is 5.82 Å². The molecular formula is C15H12N4O2. The van der Waals surface area contributed by atoms with E-state index in [1.807, 2.05) is 24.3 Å². The van der Waals surface area contributed by atoms with E-state index in [4.69, 9.17) is 15.0 Å². The van der Waals surface area contributed by atoms with E-state index in [1.54, 1.807) is 18.3 Å². The predicted octanol–water partition coefficient (Wildman–Crippen LogP) is 2.39. The number of nitrogens with zero attached hydrogens (tertiary/aromatic N) is 3. The number of fused-ring (bicyclic) bond motifs is 1. The van der Waals surface area contributed by atoms with Crippen molar-refractivity contribution in [3.63, 3.8) is 0 Å². The monoisotopic (exact) mass is 280 g/mol. The highest BCUT2D eigenvalue weighted by Gasteiger charge is 2.28. The van der Waals surface area contributed by atoms with Crippen LogP contribution in [0.5, 0.6) is 5.75 Å². The van der Waals surface area contributed by atoms with Crippen LogP contribution in [0.3, 0.4) is 0 Å². The molecule has 3 aromatic rings. The lowest BCUT2D eigenvalue weighted by atomic mass is 10.1. The number of rotatable bonds is 2. The Labute approximate surface area is 120 Å². The van der Waals surface area contributed by atoms with Crippen molar-refractivity contribution in [3.05, 3.63) is 54.0 Å². The van der Waals surface area contributed by atoms with Crippen LogP contribution >= 0.6 is 0 Å². The maximum atomic E-state index is 5.84. The van der Waals surface area contributed by atoms with Gasteiger partial charge in [0.25, 0.3) is 5.89 Å². The molecule has 104 valence electrons. The zero-order valence-electron chi connectivity index (χ0n) is 11.1. The van der Waals surface area contributed by atoms with Crippen molar-refractivity contribution in [2.75, 3.05) is 5.73 Å². The highest BCUT2D eigenvalue weighted by atomic mass is 16.5. The van der Waals surface area contributed by atoms with Gasteiger partial charge < -0.3 is 15.0 Å². The average Bonchev–Trinajstić information content (AvgIpc) is 3.14. The van der Waals surface area contributed by atoms with E-state index in [-0.39, 0.29) is 6.10 Å². The van der Waals surface area contributed by atoms with Gasteiger partial charge in [-0.1, -0.05) is 23.4 Å². The summed E-state index contributed by atoms with van der Waals surface area (Å²) in [5, 5.41) is 4.01. The number of nitrogens with two attached hydrogens (primary N) is 1. The first-order valence-corrected chi connectivity index (χ1v) is 6.60. The zero-order chi connectivity index (χ0) is 14.2. The number of aromatic nitrogens is 3. The maximum absolute atomic E-state index is 5.84. The Hall–Kier alpha value is -2.89. The molecule has 6 heteroatoms. The summed E-state index contributed by atoms with van der Waals surface area (Å²) in [7, 11) is 0. The quantitative estimate of drug-likeness (QED) is 0.775. The van der Waals surface area contributed by atoms with Gasteiger partial charge in [0, 0.05) is 18.2 Å². The Bertz CT molecular complexity index is 775. The fourth-order valence-corrected chi connectivity index (χ4v) is 2.39. The van der Waals surface area contributed by atoms with Crippen LogP contribution in [0.15, 0.2) is 47.1 Å². The van der Waals surface area contributed by atoms with Gasteiger partial charge in [-0.05, 0) is 23.8 Å². The van der Waals surface area contributed by atoms with Crippen molar-refractivity contribution in [2.45, 2.75) is 12.5 Å². The molecule has 6 nitrogen and oxygen atoms in total. The summed E-state index contributed by atoms with van der Waals surface area (Å²) in [6.07, 6.45) is 2.14. The topological polar surface area (TPSA) is 87.1 Å². The maximum Gasteiger partial charge on any atom is 0.258 e. The molecule has 2 N–H and O–H groups in total. The number of nitrogen functional groups attached to an aromatic ring is 1. The van der Waals surface area contributed by atoms with E-state index in [2.05, 4.69) is 15.1 Å². The SMILES string of the molecule is Nc1cc(-c2nc(C3Cc4ccccc4O3)no2)ccn1. The molecule has 0 saturated carbocycles. The van der Waals surface area contributed by atoms with Crippen molar-refractivity contribution in [1.82, 2.24) is 15.1 Å². The third-order valence-corrected chi connectivity index (χ3v) is 3.40. The van der Waals surface area contributed by atoms with Gasteiger partial charge in [0.2, 0.25) is 5.82 Å². The second-order valence-corrected chi connectivity index (χ2v) is 4.85. The molecule has 1 aliphatic rings. The largest absolute Gasteiger partial charge is 0.482 e. The first kappa shape index (κ1) is 11.9. The van der Waals surface area contributed by atoms with Crippen LogP contribution in [0, 0.1) is 0 Å². The normalized spacial score (nSPS) is 16.5. The summed E-state index contributed by atoms with van der Waals surface area (Å²) in [4.78, 5) is 8.34. The summed E-state index contributed by atoms with van der Waals surface area (Å²) in [5.74, 6) is 2.24. The molecule has 1 unspecified atom stereocenters. The molecule has 0 amide bonds. The minimum Gasteiger partial charge on any atom is -0.482 e. The molecule has 0 spiro atoms. The second-order valence-electron chi connectivity index (χ2n) is 4.85. The minimum atomic E-state index is -0.209. The molecule has 0 aliphatic carbocycles. The number of benzene rings is 1. The molecule has 0 bridgehead atoms. The molecule has 3 heterocycles. The van der Waals surface area contributed by atoms with Crippen LogP contribution in [0.2, 0.25) is 0 Å². The minimum absolute atomic E-state index is 0.209. The van der Waals surface area contributed by atoms with Crippen molar-refractivity contribution < 1.29 is 9.26 Å². The van der Waals surface area contributed by atoms with Crippen molar-refractivity contribution in [3.8, 4) is 17.2 Å². The lowest BCUT2D eigenvalue weighted by molar-refractivity contribution is 0.221. The number of para-hydroxylation sites is 1.